The van der Waals surface area contributed by atoms with Gasteiger partial charge in [0, 0.05) is 5.56 Å². The van der Waals surface area contributed by atoms with Crippen LogP contribution in [-0.4, -0.2) is 0 Å². The standard InChI is InChI=1S/C26H28O/c1(2-6-14-23-15-7-4-8-16-23)3-11-19-25-20-12-13-21-26(25)27-22-24-17-9-5-10-18-24/h4-5,7-13,15-21H,1-3,6,14,22H2. The van der Waals surface area contributed by atoms with Gasteiger partial charge in [-0.25, -0.2) is 0 Å². The van der Waals surface area contributed by atoms with Crippen molar-refractivity contribution >= 4 is 6.08 Å². The Morgan fingerprint density at radius 3 is 2.07 bits per heavy atom. The molecule has 0 radical (unpaired) electrons. The van der Waals surface area contributed by atoms with Gasteiger partial charge in [0.1, 0.15) is 12.4 Å². The summed E-state index contributed by atoms with van der Waals surface area (Å²) in [6, 6.07) is 29.3. The molecule has 0 aromatic heterocycles. The molecule has 0 heterocycles. The van der Waals surface area contributed by atoms with Crippen LogP contribution in [-0.2, 0) is 13.0 Å². The quantitative estimate of drug-likeness (QED) is 0.353. The van der Waals surface area contributed by atoms with E-state index >= 15 is 0 Å². The highest BCUT2D eigenvalue weighted by atomic mass is 16.5. The molecule has 0 saturated heterocycles. The maximum Gasteiger partial charge on any atom is 0.127 e. The molecule has 0 N–H and O–H groups in total. The van der Waals surface area contributed by atoms with Crippen LogP contribution in [0.4, 0.5) is 0 Å². The largest absolute Gasteiger partial charge is 0.488 e. The summed E-state index contributed by atoms with van der Waals surface area (Å²) < 4.78 is 6.02. The summed E-state index contributed by atoms with van der Waals surface area (Å²) in [5.41, 5.74) is 3.78. The second-order valence-corrected chi connectivity index (χ2v) is 6.80. The zero-order valence-electron chi connectivity index (χ0n) is 15.9. The van der Waals surface area contributed by atoms with Gasteiger partial charge in [-0.3, -0.25) is 0 Å². The fourth-order valence-corrected chi connectivity index (χ4v) is 3.11. The second-order valence-electron chi connectivity index (χ2n) is 6.80. The van der Waals surface area contributed by atoms with Gasteiger partial charge in [-0.2, -0.15) is 0 Å². The first-order valence-corrected chi connectivity index (χ1v) is 9.88. The molecule has 27 heavy (non-hydrogen) atoms. The van der Waals surface area contributed by atoms with E-state index in [-0.39, 0.29) is 0 Å². The molecule has 0 atom stereocenters. The highest BCUT2D eigenvalue weighted by Gasteiger charge is 2.00. The summed E-state index contributed by atoms with van der Waals surface area (Å²) >= 11 is 0. The Morgan fingerprint density at radius 2 is 1.30 bits per heavy atom. The summed E-state index contributed by atoms with van der Waals surface area (Å²) in [5, 5.41) is 0. The minimum absolute atomic E-state index is 0.602. The summed E-state index contributed by atoms with van der Waals surface area (Å²) in [6.45, 7) is 0.602. The first-order valence-electron chi connectivity index (χ1n) is 9.88. The van der Waals surface area contributed by atoms with E-state index in [1.807, 2.05) is 30.3 Å². The van der Waals surface area contributed by atoms with Crippen molar-refractivity contribution in [2.45, 2.75) is 38.7 Å². The van der Waals surface area contributed by atoms with Crippen LogP contribution in [0.1, 0.15) is 42.4 Å². The molecular weight excluding hydrogens is 328 g/mol. The lowest BCUT2D eigenvalue weighted by Crippen LogP contribution is -1.96. The number of para-hydroxylation sites is 1. The first-order chi connectivity index (χ1) is 13.4. The third kappa shape index (κ3) is 6.79. The Balaban J connectivity index is 1.40. The predicted molar refractivity (Wildman–Crippen MR) is 115 cm³/mol. The van der Waals surface area contributed by atoms with Crippen molar-refractivity contribution in [1.82, 2.24) is 0 Å². The van der Waals surface area contributed by atoms with E-state index in [0.717, 1.165) is 17.7 Å². The average molecular weight is 357 g/mol. The number of aryl methyl sites for hydroxylation is 1. The fraction of sp³-hybridized carbons (Fsp3) is 0.231. The van der Waals surface area contributed by atoms with E-state index in [0.29, 0.717) is 6.61 Å². The van der Waals surface area contributed by atoms with Gasteiger partial charge < -0.3 is 4.74 Å². The molecule has 1 heteroatoms. The van der Waals surface area contributed by atoms with Crippen molar-refractivity contribution in [3.63, 3.8) is 0 Å². The summed E-state index contributed by atoms with van der Waals surface area (Å²) in [5.74, 6) is 0.946. The van der Waals surface area contributed by atoms with E-state index < -0.39 is 0 Å². The normalized spacial score (nSPS) is 11.0. The van der Waals surface area contributed by atoms with Crippen LogP contribution < -0.4 is 4.74 Å². The van der Waals surface area contributed by atoms with Gasteiger partial charge in [0.15, 0.2) is 0 Å². The molecule has 0 spiro atoms. The minimum atomic E-state index is 0.602. The molecule has 0 saturated carbocycles. The molecule has 0 aliphatic carbocycles. The molecule has 3 rings (SSSR count). The van der Waals surface area contributed by atoms with E-state index in [1.54, 1.807) is 0 Å². The third-order valence-corrected chi connectivity index (χ3v) is 4.63. The first kappa shape index (κ1) is 19.0. The van der Waals surface area contributed by atoms with Crippen LogP contribution >= 0.6 is 0 Å². The second kappa shape index (κ2) is 11.0. The maximum atomic E-state index is 6.02. The van der Waals surface area contributed by atoms with Gasteiger partial charge in [-0.05, 0) is 42.9 Å². The number of ether oxygens (including phenoxy) is 1. The van der Waals surface area contributed by atoms with E-state index in [9.17, 15) is 0 Å². The minimum Gasteiger partial charge on any atom is -0.488 e. The highest BCUT2D eigenvalue weighted by Crippen LogP contribution is 2.21. The van der Waals surface area contributed by atoms with Crippen molar-refractivity contribution in [3.05, 3.63) is 108 Å². The molecule has 0 aliphatic rings. The van der Waals surface area contributed by atoms with Crippen molar-refractivity contribution in [2.75, 3.05) is 0 Å². The molecule has 0 unspecified atom stereocenters. The average Bonchev–Trinajstić information content (AvgIpc) is 2.74. The van der Waals surface area contributed by atoms with Crippen molar-refractivity contribution in [2.24, 2.45) is 0 Å². The molecule has 1 nitrogen and oxygen atoms in total. The number of allylic oxidation sites excluding steroid dienone is 1. The lowest BCUT2D eigenvalue weighted by atomic mass is 10.1. The molecule has 0 amide bonds. The smallest absolute Gasteiger partial charge is 0.127 e. The predicted octanol–water partition coefficient (Wildman–Crippen LogP) is 7.08. The van der Waals surface area contributed by atoms with Gasteiger partial charge >= 0.3 is 0 Å². The summed E-state index contributed by atoms with van der Waals surface area (Å²) in [4.78, 5) is 0. The topological polar surface area (TPSA) is 9.23 Å². The van der Waals surface area contributed by atoms with Crippen LogP contribution in [0.3, 0.4) is 0 Å². The van der Waals surface area contributed by atoms with Gasteiger partial charge in [0.05, 0.1) is 0 Å². The lowest BCUT2D eigenvalue weighted by Gasteiger charge is -2.09. The van der Waals surface area contributed by atoms with E-state index in [1.165, 1.54) is 36.8 Å². The van der Waals surface area contributed by atoms with Crippen molar-refractivity contribution in [1.29, 1.82) is 0 Å². The number of benzene rings is 3. The zero-order valence-corrected chi connectivity index (χ0v) is 15.9. The zero-order chi connectivity index (χ0) is 18.6. The lowest BCUT2D eigenvalue weighted by molar-refractivity contribution is 0.305. The third-order valence-electron chi connectivity index (χ3n) is 4.63. The van der Waals surface area contributed by atoms with Gasteiger partial charge in [-0.15, -0.1) is 0 Å². The molecule has 0 bridgehead atoms. The molecule has 138 valence electrons. The van der Waals surface area contributed by atoms with Gasteiger partial charge in [-0.1, -0.05) is 97.4 Å². The van der Waals surface area contributed by atoms with Crippen LogP contribution in [0.2, 0.25) is 0 Å². The number of rotatable bonds is 10. The van der Waals surface area contributed by atoms with Crippen LogP contribution in [0.15, 0.2) is 91.0 Å². The summed E-state index contributed by atoms with van der Waals surface area (Å²) in [6.07, 6.45) is 10.5. The Kier molecular flexibility index (Phi) is 7.75. The van der Waals surface area contributed by atoms with Crippen LogP contribution in [0.5, 0.6) is 5.75 Å². The van der Waals surface area contributed by atoms with E-state index in [4.69, 9.17) is 4.74 Å². The van der Waals surface area contributed by atoms with Crippen LogP contribution in [0.25, 0.3) is 6.08 Å². The van der Waals surface area contributed by atoms with E-state index in [2.05, 4.69) is 66.7 Å². The number of hydrogen-bond donors (Lipinski definition) is 0. The molecular formula is C26H28O. The Hall–Kier alpha value is -2.80. The molecule has 0 fully saturated rings. The molecule has 0 aliphatic heterocycles. The van der Waals surface area contributed by atoms with Gasteiger partial charge in [0.25, 0.3) is 0 Å². The fourth-order valence-electron chi connectivity index (χ4n) is 3.11. The van der Waals surface area contributed by atoms with Gasteiger partial charge in [0.2, 0.25) is 0 Å². The Labute approximate surface area is 163 Å². The monoisotopic (exact) mass is 356 g/mol. The van der Waals surface area contributed by atoms with Crippen LogP contribution in [0, 0.1) is 0 Å². The van der Waals surface area contributed by atoms with Crippen molar-refractivity contribution < 1.29 is 4.74 Å². The maximum absolute atomic E-state index is 6.02. The molecule has 3 aromatic carbocycles. The summed E-state index contributed by atoms with van der Waals surface area (Å²) in [7, 11) is 0. The number of unbranched alkanes of at least 4 members (excludes halogenated alkanes) is 3. The highest BCUT2D eigenvalue weighted by molar-refractivity contribution is 5.57. The SMILES string of the molecule is C(=Cc1ccccc1OCc1ccccc1)CCCCCc1ccccc1. The molecule has 3 aromatic rings. The Bertz CT molecular complexity index is 806. The number of hydrogen-bond acceptors (Lipinski definition) is 1. The Morgan fingerprint density at radius 1 is 0.630 bits per heavy atom. The van der Waals surface area contributed by atoms with Crippen molar-refractivity contribution in [3.8, 4) is 5.75 Å².